The number of benzene rings is 2. The molecule has 3 nitrogen and oxygen atoms in total. The molecule has 2 aromatic carbocycles. The number of carbonyl (C=O) groups excluding carboxylic acids is 1. The molecule has 1 atom stereocenters. The second kappa shape index (κ2) is 8.53. The molecule has 1 heterocycles. The van der Waals surface area contributed by atoms with Gasteiger partial charge in [-0.05, 0) is 49.7 Å². The molecule has 28 heavy (non-hydrogen) atoms. The van der Waals surface area contributed by atoms with Gasteiger partial charge in [-0.25, -0.2) is 0 Å². The zero-order valence-corrected chi connectivity index (χ0v) is 16.3. The number of hydrogen-bond donors (Lipinski definition) is 1. The van der Waals surface area contributed by atoms with E-state index in [9.17, 15) is 18.0 Å². The summed E-state index contributed by atoms with van der Waals surface area (Å²) < 4.78 is 39.1. The molecule has 2 aromatic rings. The predicted octanol–water partition coefficient (Wildman–Crippen LogP) is 5.45. The molecule has 1 aliphatic heterocycles. The highest BCUT2D eigenvalue weighted by Crippen LogP contribution is 2.36. The number of amides is 1. The maximum absolute atomic E-state index is 13.0. The minimum atomic E-state index is -4.61. The fraction of sp³-hybridized carbons (Fsp3) is 0.381. The lowest BCUT2D eigenvalue weighted by Crippen LogP contribution is -2.31. The van der Waals surface area contributed by atoms with Gasteiger partial charge in [0.05, 0.1) is 16.1 Å². The summed E-state index contributed by atoms with van der Waals surface area (Å²) in [5, 5.41) is 2.14. The number of halogens is 4. The molecule has 150 valence electrons. The zero-order chi connectivity index (χ0) is 20.3. The summed E-state index contributed by atoms with van der Waals surface area (Å²) in [6.07, 6.45) is -1.25. The molecular formula is C21H22ClF3N2O. The van der Waals surface area contributed by atoms with Gasteiger partial charge in [0, 0.05) is 12.6 Å². The van der Waals surface area contributed by atoms with Gasteiger partial charge < -0.3 is 5.32 Å². The van der Waals surface area contributed by atoms with Crippen LogP contribution in [-0.4, -0.2) is 24.4 Å². The van der Waals surface area contributed by atoms with E-state index in [-0.39, 0.29) is 18.2 Å². The Kier molecular flexibility index (Phi) is 6.30. The normalized spacial score (nSPS) is 18.1. The molecule has 0 aliphatic carbocycles. The van der Waals surface area contributed by atoms with Crippen LogP contribution < -0.4 is 5.32 Å². The van der Waals surface area contributed by atoms with Crippen LogP contribution in [0.2, 0.25) is 5.02 Å². The topological polar surface area (TPSA) is 32.3 Å². The zero-order valence-electron chi connectivity index (χ0n) is 15.5. The molecule has 0 spiro atoms. The highest BCUT2D eigenvalue weighted by atomic mass is 35.5. The summed E-state index contributed by atoms with van der Waals surface area (Å²) in [6.45, 7) is 1.25. The summed E-state index contributed by atoms with van der Waals surface area (Å²) in [7, 11) is 2.08. The number of nitrogens with zero attached hydrogens (tertiary/aromatic N) is 1. The number of nitrogens with one attached hydrogen (secondary N) is 1. The van der Waals surface area contributed by atoms with Gasteiger partial charge >= 0.3 is 6.18 Å². The molecule has 1 amide bonds. The van der Waals surface area contributed by atoms with E-state index in [1.165, 1.54) is 18.6 Å². The minimum Gasteiger partial charge on any atom is -0.348 e. The third-order valence-corrected chi connectivity index (χ3v) is 5.58. The standard InChI is InChI=1S/C21H22ClF3N2O/c1-27-12-5-4-11-18(27)15-8-3-2-7-14(15)13-26-20(28)16-9-6-10-17(19(16)22)21(23,24)25/h2-3,6-10,18H,4-5,11-13H2,1H3,(H,26,28)/t18-/m0/s1. The molecule has 0 saturated carbocycles. The summed E-state index contributed by atoms with van der Waals surface area (Å²) in [5.74, 6) is -0.622. The van der Waals surface area contributed by atoms with Crippen molar-refractivity contribution in [2.45, 2.75) is 38.0 Å². The Morgan fingerprint density at radius 3 is 2.64 bits per heavy atom. The van der Waals surface area contributed by atoms with Crippen LogP contribution in [-0.2, 0) is 12.7 Å². The van der Waals surface area contributed by atoms with Crippen molar-refractivity contribution in [3.63, 3.8) is 0 Å². The number of alkyl halides is 3. The third-order valence-electron chi connectivity index (χ3n) is 5.17. The Morgan fingerprint density at radius 2 is 1.93 bits per heavy atom. The number of rotatable bonds is 4. The van der Waals surface area contributed by atoms with Crippen LogP contribution in [0.5, 0.6) is 0 Å². The highest BCUT2D eigenvalue weighted by molar-refractivity contribution is 6.34. The molecule has 3 rings (SSSR count). The van der Waals surface area contributed by atoms with Crippen molar-refractivity contribution in [1.82, 2.24) is 10.2 Å². The highest BCUT2D eigenvalue weighted by Gasteiger charge is 2.34. The molecule has 1 N–H and O–H groups in total. The van der Waals surface area contributed by atoms with Crippen molar-refractivity contribution in [1.29, 1.82) is 0 Å². The number of piperidine rings is 1. The smallest absolute Gasteiger partial charge is 0.348 e. The quantitative estimate of drug-likeness (QED) is 0.727. The number of likely N-dealkylation sites (tertiary alicyclic amines) is 1. The van der Waals surface area contributed by atoms with Crippen molar-refractivity contribution in [2.24, 2.45) is 0 Å². The Balaban J connectivity index is 1.78. The van der Waals surface area contributed by atoms with Crippen LogP contribution in [0.25, 0.3) is 0 Å². The van der Waals surface area contributed by atoms with E-state index >= 15 is 0 Å². The lowest BCUT2D eigenvalue weighted by atomic mass is 9.92. The second-order valence-electron chi connectivity index (χ2n) is 7.04. The minimum absolute atomic E-state index is 0.177. The molecule has 0 radical (unpaired) electrons. The lowest BCUT2D eigenvalue weighted by Gasteiger charge is -2.34. The molecule has 1 saturated heterocycles. The van der Waals surface area contributed by atoms with E-state index in [2.05, 4.69) is 17.3 Å². The van der Waals surface area contributed by atoms with E-state index in [0.29, 0.717) is 0 Å². The van der Waals surface area contributed by atoms with Gasteiger partial charge in [0.2, 0.25) is 0 Å². The van der Waals surface area contributed by atoms with Crippen LogP contribution in [0.1, 0.15) is 52.4 Å². The van der Waals surface area contributed by atoms with Crippen molar-refractivity contribution < 1.29 is 18.0 Å². The summed E-state index contributed by atoms with van der Waals surface area (Å²) in [6, 6.07) is 11.5. The van der Waals surface area contributed by atoms with E-state index in [0.717, 1.165) is 36.6 Å². The van der Waals surface area contributed by atoms with Gasteiger partial charge in [0.25, 0.3) is 5.91 Å². The molecule has 0 unspecified atom stereocenters. The van der Waals surface area contributed by atoms with Gasteiger partial charge in [0.1, 0.15) is 0 Å². The predicted molar refractivity (Wildman–Crippen MR) is 103 cm³/mol. The Bertz CT molecular complexity index is 854. The van der Waals surface area contributed by atoms with Crippen LogP contribution >= 0.6 is 11.6 Å². The average molecular weight is 411 g/mol. The maximum Gasteiger partial charge on any atom is 0.417 e. The van der Waals surface area contributed by atoms with Gasteiger partial charge in [-0.15, -0.1) is 0 Å². The summed E-state index contributed by atoms with van der Waals surface area (Å²) >= 11 is 5.85. The average Bonchev–Trinajstić information content (AvgIpc) is 2.66. The van der Waals surface area contributed by atoms with E-state index in [1.54, 1.807) is 0 Å². The molecule has 1 fully saturated rings. The van der Waals surface area contributed by atoms with Crippen LogP contribution in [0, 0.1) is 0 Å². The molecule has 1 aliphatic rings. The first-order chi connectivity index (χ1) is 13.3. The fourth-order valence-electron chi connectivity index (χ4n) is 3.69. The van der Waals surface area contributed by atoms with Gasteiger partial charge in [-0.3, -0.25) is 9.69 Å². The van der Waals surface area contributed by atoms with Crippen LogP contribution in [0.4, 0.5) is 13.2 Å². The van der Waals surface area contributed by atoms with E-state index < -0.39 is 22.7 Å². The number of hydrogen-bond acceptors (Lipinski definition) is 2. The van der Waals surface area contributed by atoms with Gasteiger partial charge in [0.15, 0.2) is 0 Å². The Hall–Kier alpha value is -2.05. The monoisotopic (exact) mass is 410 g/mol. The summed E-state index contributed by atoms with van der Waals surface area (Å²) in [5.41, 5.74) is 0.910. The fourth-order valence-corrected chi connectivity index (χ4v) is 4.00. The largest absolute Gasteiger partial charge is 0.417 e. The van der Waals surface area contributed by atoms with Crippen molar-refractivity contribution in [3.8, 4) is 0 Å². The first kappa shape index (κ1) is 20.7. The number of carbonyl (C=O) groups is 1. The van der Waals surface area contributed by atoms with Crippen molar-refractivity contribution in [3.05, 3.63) is 69.7 Å². The summed E-state index contributed by atoms with van der Waals surface area (Å²) in [4.78, 5) is 14.8. The van der Waals surface area contributed by atoms with Crippen molar-refractivity contribution in [2.75, 3.05) is 13.6 Å². The molecule has 0 aromatic heterocycles. The Labute approximate surface area is 167 Å². The molecule has 0 bridgehead atoms. The third kappa shape index (κ3) is 4.50. The maximum atomic E-state index is 13.0. The SMILES string of the molecule is CN1CCCC[C@H]1c1ccccc1CNC(=O)c1cccc(C(F)(F)F)c1Cl. The van der Waals surface area contributed by atoms with Gasteiger partial charge in [-0.1, -0.05) is 48.4 Å². The lowest BCUT2D eigenvalue weighted by molar-refractivity contribution is -0.137. The van der Waals surface area contributed by atoms with Crippen LogP contribution in [0.15, 0.2) is 42.5 Å². The first-order valence-corrected chi connectivity index (χ1v) is 9.59. The van der Waals surface area contributed by atoms with E-state index in [1.807, 2.05) is 24.3 Å². The van der Waals surface area contributed by atoms with Crippen molar-refractivity contribution >= 4 is 17.5 Å². The van der Waals surface area contributed by atoms with Gasteiger partial charge in [-0.2, -0.15) is 13.2 Å². The molecule has 7 heteroatoms. The Morgan fingerprint density at radius 1 is 1.18 bits per heavy atom. The molecular weight excluding hydrogens is 389 g/mol. The second-order valence-corrected chi connectivity index (χ2v) is 7.42. The first-order valence-electron chi connectivity index (χ1n) is 9.21. The van der Waals surface area contributed by atoms with E-state index in [4.69, 9.17) is 11.6 Å². The van der Waals surface area contributed by atoms with Crippen LogP contribution in [0.3, 0.4) is 0 Å².